The predicted molar refractivity (Wildman–Crippen MR) is 79.6 cm³/mol. The average Bonchev–Trinajstić information content (AvgIpc) is 2.98. The molecule has 4 rings (SSSR count). The largest absolute Gasteiger partial charge is 0.323 e. The maximum absolute atomic E-state index is 6.12. The number of aromatic nitrogens is 4. The molecule has 0 aliphatic heterocycles. The van der Waals surface area contributed by atoms with Crippen molar-refractivity contribution in [1.29, 1.82) is 0 Å². The summed E-state index contributed by atoms with van der Waals surface area (Å²) in [4.78, 5) is 8.86. The van der Waals surface area contributed by atoms with Gasteiger partial charge in [0.25, 0.3) is 5.78 Å². The van der Waals surface area contributed by atoms with Crippen LogP contribution in [0.5, 0.6) is 0 Å². The van der Waals surface area contributed by atoms with Crippen LogP contribution in [0.2, 0.25) is 5.02 Å². The van der Waals surface area contributed by atoms with E-state index in [0.29, 0.717) is 16.7 Å². The minimum atomic E-state index is 0.603. The molecule has 0 fully saturated rings. The fourth-order valence-corrected chi connectivity index (χ4v) is 2.36. The van der Waals surface area contributed by atoms with Gasteiger partial charge < -0.3 is 5.32 Å². The first kappa shape index (κ1) is 11.3. The molecule has 5 nitrogen and oxygen atoms in total. The summed E-state index contributed by atoms with van der Waals surface area (Å²) in [6.07, 6.45) is 0. The molecule has 4 aromatic rings. The van der Waals surface area contributed by atoms with E-state index in [2.05, 4.69) is 20.4 Å². The summed E-state index contributed by atoms with van der Waals surface area (Å²) in [6.45, 7) is 0. The molecule has 98 valence electrons. The van der Waals surface area contributed by atoms with Gasteiger partial charge in [0.15, 0.2) is 0 Å². The summed E-state index contributed by atoms with van der Waals surface area (Å²) in [5.41, 5.74) is 2.70. The quantitative estimate of drug-likeness (QED) is 0.591. The Morgan fingerprint density at radius 2 is 1.80 bits per heavy atom. The number of fused-ring (bicyclic) bond motifs is 3. The Kier molecular flexibility index (Phi) is 2.40. The topological polar surface area (TPSA) is 58.0 Å². The average molecular weight is 284 g/mol. The van der Waals surface area contributed by atoms with E-state index in [0.717, 1.165) is 16.7 Å². The number of para-hydroxylation sites is 3. The van der Waals surface area contributed by atoms with Crippen molar-refractivity contribution in [2.75, 3.05) is 5.32 Å². The molecule has 0 unspecified atom stereocenters. The van der Waals surface area contributed by atoms with Crippen molar-refractivity contribution in [2.24, 2.45) is 0 Å². The second-order valence-corrected chi connectivity index (χ2v) is 4.82. The Bertz CT molecular complexity index is 908. The molecule has 20 heavy (non-hydrogen) atoms. The first-order valence-corrected chi connectivity index (χ1v) is 6.54. The maximum Gasteiger partial charge on any atom is 0.253 e. The molecule has 0 saturated carbocycles. The highest BCUT2D eigenvalue weighted by atomic mass is 35.5. The van der Waals surface area contributed by atoms with Crippen LogP contribution < -0.4 is 5.32 Å². The summed E-state index contributed by atoms with van der Waals surface area (Å²) < 4.78 is 1.84. The first-order valence-electron chi connectivity index (χ1n) is 6.16. The number of halogens is 1. The van der Waals surface area contributed by atoms with Crippen molar-refractivity contribution >= 4 is 40.0 Å². The van der Waals surface area contributed by atoms with Gasteiger partial charge in [0.2, 0.25) is 5.95 Å². The van der Waals surface area contributed by atoms with E-state index >= 15 is 0 Å². The minimum Gasteiger partial charge on any atom is -0.323 e. The van der Waals surface area contributed by atoms with Crippen LogP contribution in [0.25, 0.3) is 16.8 Å². The molecular weight excluding hydrogens is 274 g/mol. The van der Waals surface area contributed by atoms with Crippen LogP contribution in [-0.4, -0.2) is 19.6 Å². The Labute approximate surface area is 119 Å². The highest BCUT2D eigenvalue weighted by molar-refractivity contribution is 6.33. The van der Waals surface area contributed by atoms with Gasteiger partial charge in [-0.3, -0.25) is 5.10 Å². The number of H-pyrrole nitrogens is 1. The highest BCUT2D eigenvalue weighted by Gasteiger charge is 2.09. The molecule has 0 saturated heterocycles. The van der Waals surface area contributed by atoms with E-state index in [9.17, 15) is 0 Å². The fourth-order valence-electron chi connectivity index (χ4n) is 2.18. The van der Waals surface area contributed by atoms with E-state index in [1.54, 1.807) is 0 Å². The molecule has 6 heteroatoms. The molecule has 0 atom stereocenters. The normalized spacial score (nSPS) is 11.2. The zero-order valence-corrected chi connectivity index (χ0v) is 11.1. The van der Waals surface area contributed by atoms with E-state index in [1.165, 1.54) is 0 Å². The van der Waals surface area contributed by atoms with Crippen molar-refractivity contribution < 1.29 is 0 Å². The van der Waals surface area contributed by atoms with Crippen LogP contribution in [0.1, 0.15) is 0 Å². The van der Waals surface area contributed by atoms with Gasteiger partial charge in [0.05, 0.1) is 21.7 Å². The zero-order valence-electron chi connectivity index (χ0n) is 10.3. The number of anilines is 2. The molecule has 0 aliphatic carbocycles. The summed E-state index contributed by atoms with van der Waals surface area (Å²) >= 11 is 6.12. The lowest BCUT2D eigenvalue weighted by Gasteiger charge is -2.03. The first-order chi connectivity index (χ1) is 9.81. The fraction of sp³-hybridized carbons (Fsp3) is 0. The number of hydrogen-bond acceptors (Lipinski definition) is 3. The summed E-state index contributed by atoms with van der Waals surface area (Å²) in [6, 6.07) is 15.4. The Hall–Kier alpha value is -2.53. The van der Waals surface area contributed by atoms with Gasteiger partial charge in [-0.05, 0) is 24.3 Å². The molecule has 0 radical (unpaired) electrons. The van der Waals surface area contributed by atoms with Gasteiger partial charge in [0, 0.05) is 0 Å². The van der Waals surface area contributed by atoms with Gasteiger partial charge in [0.1, 0.15) is 0 Å². The Morgan fingerprint density at radius 1 is 1.00 bits per heavy atom. The van der Waals surface area contributed by atoms with Crippen LogP contribution in [-0.2, 0) is 0 Å². The van der Waals surface area contributed by atoms with Crippen LogP contribution in [0, 0.1) is 0 Å². The maximum atomic E-state index is 6.12. The Morgan fingerprint density at radius 3 is 2.70 bits per heavy atom. The van der Waals surface area contributed by atoms with Gasteiger partial charge in [-0.15, -0.1) is 0 Å². The zero-order chi connectivity index (χ0) is 13.5. The lowest BCUT2D eigenvalue weighted by atomic mass is 10.3. The third-order valence-electron chi connectivity index (χ3n) is 3.10. The molecule has 0 spiro atoms. The SMILES string of the molecule is Clc1ccccc1Nc1nc2nc3ccccc3n2[nH]1. The van der Waals surface area contributed by atoms with E-state index in [-0.39, 0.29) is 0 Å². The number of nitrogens with zero attached hydrogens (tertiary/aromatic N) is 3. The van der Waals surface area contributed by atoms with Crippen LogP contribution >= 0.6 is 11.6 Å². The summed E-state index contributed by atoms with van der Waals surface area (Å²) in [5, 5.41) is 6.97. The summed E-state index contributed by atoms with van der Waals surface area (Å²) in [5.74, 6) is 1.23. The molecule has 0 aliphatic rings. The van der Waals surface area contributed by atoms with Gasteiger partial charge >= 0.3 is 0 Å². The van der Waals surface area contributed by atoms with E-state index in [4.69, 9.17) is 11.6 Å². The standard InChI is InChI=1S/C14H10ClN5/c15-9-5-1-2-6-10(9)16-13-18-14-17-11-7-3-4-8-12(11)20(14)19-13/h1-8H,(H2,16,17,18,19). The number of benzene rings is 2. The number of aromatic amines is 1. The van der Waals surface area contributed by atoms with Gasteiger partial charge in [-0.2, -0.15) is 4.98 Å². The summed E-state index contributed by atoms with van der Waals surface area (Å²) in [7, 11) is 0. The molecular formula is C14H10ClN5. The lowest BCUT2D eigenvalue weighted by molar-refractivity contribution is 1.01. The minimum absolute atomic E-state index is 0.603. The van der Waals surface area contributed by atoms with Gasteiger partial charge in [-0.1, -0.05) is 35.9 Å². The third-order valence-corrected chi connectivity index (χ3v) is 3.43. The number of nitrogens with one attached hydrogen (secondary N) is 2. The second kappa shape index (κ2) is 4.25. The van der Waals surface area contributed by atoms with E-state index < -0.39 is 0 Å². The van der Waals surface area contributed by atoms with Crippen molar-refractivity contribution in [3.8, 4) is 0 Å². The molecule has 2 N–H and O–H groups in total. The molecule has 2 aromatic carbocycles. The highest BCUT2D eigenvalue weighted by Crippen LogP contribution is 2.24. The smallest absolute Gasteiger partial charge is 0.253 e. The van der Waals surface area contributed by atoms with Gasteiger partial charge in [-0.25, -0.2) is 9.50 Å². The second-order valence-electron chi connectivity index (χ2n) is 4.41. The van der Waals surface area contributed by atoms with Crippen LogP contribution in [0.4, 0.5) is 11.6 Å². The number of hydrogen-bond donors (Lipinski definition) is 2. The van der Waals surface area contributed by atoms with Crippen molar-refractivity contribution in [3.63, 3.8) is 0 Å². The van der Waals surface area contributed by atoms with E-state index in [1.807, 2.05) is 53.0 Å². The lowest BCUT2D eigenvalue weighted by Crippen LogP contribution is -1.94. The molecule has 2 aromatic heterocycles. The van der Waals surface area contributed by atoms with Crippen LogP contribution in [0.3, 0.4) is 0 Å². The van der Waals surface area contributed by atoms with Crippen LogP contribution in [0.15, 0.2) is 48.5 Å². The van der Waals surface area contributed by atoms with Crippen molar-refractivity contribution in [2.45, 2.75) is 0 Å². The Balaban J connectivity index is 1.80. The molecule has 2 heterocycles. The number of imidazole rings is 1. The predicted octanol–water partition coefficient (Wildman–Crippen LogP) is 3.61. The van der Waals surface area contributed by atoms with Crippen molar-refractivity contribution in [3.05, 3.63) is 53.6 Å². The molecule has 0 amide bonds. The molecule has 0 bridgehead atoms. The number of rotatable bonds is 2. The third kappa shape index (κ3) is 1.71. The van der Waals surface area contributed by atoms with Crippen molar-refractivity contribution in [1.82, 2.24) is 19.6 Å². The monoisotopic (exact) mass is 283 g/mol.